The molecule has 0 spiro atoms. The van der Waals surface area contributed by atoms with Crippen LogP contribution < -0.4 is 4.74 Å². The average molecular weight is 610 g/mol. The van der Waals surface area contributed by atoms with E-state index < -0.39 is 0 Å². The van der Waals surface area contributed by atoms with Gasteiger partial charge in [0, 0.05) is 38.9 Å². The number of methoxy groups -OCH3 is 2. The fourth-order valence-corrected chi connectivity index (χ4v) is 6.12. The van der Waals surface area contributed by atoms with Gasteiger partial charge in [0.15, 0.2) is 0 Å². The summed E-state index contributed by atoms with van der Waals surface area (Å²) < 4.78 is 24.4. The molecular weight excluding hydrogens is 553 g/mol. The van der Waals surface area contributed by atoms with Crippen molar-refractivity contribution in [3.8, 4) is 5.88 Å². The van der Waals surface area contributed by atoms with Crippen LogP contribution in [0, 0.1) is 0 Å². The van der Waals surface area contributed by atoms with E-state index in [4.69, 9.17) is 9.47 Å². The summed E-state index contributed by atoms with van der Waals surface area (Å²) in [5.41, 5.74) is 3.44. The van der Waals surface area contributed by atoms with Crippen LogP contribution in [0.2, 0.25) is 0 Å². The molecule has 0 aliphatic rings. The maximum atomic E-state index is 9.94. The van der Waals surface area contributed by atoms with Crippen LogP contribution in [0.3, 0.4) is 0 Å². The summed E-state index contributed by atoms with van der Waals surface area (Å²) in [4.78, 5) is 9.94. The van der Waals surface area contributed by atoms with E-state index in [-0.39, 0.29) is 10.9 Å². The number of nitrogens with zero attached hydrogens (tertiary/aromatic N) is 2. The van der Waals surface area contributed by atoms with Crippen LogP contribution in [0.15, 0.2) is 36.4 Å². The predicted octanol–water partition coefficient (Wildman–Crippen LogP) is 8.56. The van der Waals surface area contributed by atoms with Crippen molar-refractivity contribution in [1.29, 1.82) is 0 Å². The van der Waals surface area contributed by atoms with Gasteiger partial charge in [0.25, 0.3) is 5.88 Å². The number of hydrogen-bond acceptors (Lipinski definition) is 7. The minimum atomic E-state index is 0.200. The lowest BCUT2D eigenvalue weighted by molar-refractivity contribution is -0.107. The molecule has 1 aromatic carbocycles. The second-order valence-electron chi connectivity index (χ2n) is 10.1. The second-order valence-corrected chi connectivity index (χ2v) is 12.7. The molecular formula is C33H57N2O4S2+. The van der Waals surface area contributed by atoms with Crippen LogP contribution in [-0.2, 0) is 30.9 Å². The molecule has 2 rings (SSSR count). The van der Waals surface area contributed by atoms with Crippen LogP contribution in [0.1, 0.15) is 102 Å². The molecule has 6 nitrogen and oxygen atoms in total. The molecule has 0 radical (unpaired) electrons. The molecule has 0 saturated heterocycles. The zero-order chi connectivity index (χ0) is 30.4. The fourth-order valence-electron chi connectivity index (χ4n) is 3.94. The monoisotopic (exact) mass is 609 g/mol. The third kappa shape index (κ3) is 22.5. The van der Waals surface area contributed by atoms with Crippen LogP contribution in [0.5, 0.6) is 5.88 Å². The quantitative estimate of drug-likeness (QED) is 0.0802. The standard InChI is InChI=1S/C21H31N2O2S2.C10H20O.C2H6O/c1-4-5-6-10-14-25-21-20(22-26-23-21)19(13-15-24-2)17-27(3)16-18-11-8-7-9-12-18;1-2-3-4-5-6-7-8-9-10-11;1-3-2/h7-9,11-13H,4-6,10,14-17H2,1-3H3;10H,2-9H2,1H3;1-2H3/q+1;;/b19-13+;;. The van der Waals surface area contributed by atoms with Crippen molar-refractivity contribution in [2.75, 3.05) is 46.6 Å². The van der Waals surface area contributed by atoms with Gasteiger partial charge in [0.1, 0.15) is 23.5 Å². The molecule has 1 unspecified atom stereocenters. The number of rotatable bonds is 21. The van der Waals surface area contributed by atoms with Crippen LogP contribution in [-0.4, -0.2) is 61.6 Å². The normalized spacial score (nSPS) is 11.6. The molecule has 1 heterocycles. The number of carbonyl (C=O) groups is 1. The molecule has 0 aliphatic carbocycles. The van der Waals surface area contributed by atoms with Gasteiger partial charge in [0.05, 0.1) is 31.2 Å². The first kappa shape index (κ1) is 39.3. The smallest absolute Gasteiger partial charge is 0.253 e. The van der Waals surface area contributed by atoms with Gasteiger partial charge in [-0.3, -0.25) is 0 Å². The van der Waals surface area contributed by atoms with E-state index >= 15 is 0 Å². The molecule has 1 aromatic heterocycles. The number of aldehydes is 1. The number of unbranched alkanes of at least 4 members (excludes halogenated alkanes) is 10. The molecule has 0 amide bonds. The molecule has 0 aliphatic heterocycles. The fraction of sp³-hybridized carbons (Fsp3) is 0.667. The van der Waals surface area contributed by atoms with E-state index in [9.17, 15) is 4.79 Å². The zero-order valence-corrected chi connectivity index (χ0v) is 28.3. The number of ether oxygens (including phenoxy) is 3. The molecule has 234 valence electrons. The van der Waals surface area contributed by atoms with Crippen LogP contribution in [0.25, 0.3) is 5.57 Å². The Balaban J connectivity index is 0.000000954. The van der Waals surface area contributed by atoms with E-state index in [1.807, 2.05) is 0 Å². The Bertz CT molecular complexity index is 862. The van der Waals surface area contributed by atoms with Crippen molar-refractivity contribution < 1.29 is 19.0 Å². The largest absolute Gasteiger partial charge is 0.475 e. The molecule has 2 aromatic rings. The topological polar surface area (TPSA) is 70.5 Å². The van der Waals surface area contributed by atoms with Crippen LogP contribution in [0.4, 0.5) is 0 Å². The Kier molecular flexibility index (Phi) is 28.5. The first-order valence-electron chi connectivity index (χ1n) is 15.2. The van der Waals surface area contributed by atoms with Gasteiger partial charge in [-0.05, 0) is 29.8 Å². The maximum absolute atomic E-state index is 9.94. The number of benzene rings is 1. The molecule has 0 N–H and O–H groups in total. The number of aromatic nitrogens is 2. The third-order valence-corrected chi connectivity index (χ3v) is 8.22. The SMILES string of the molecule is CCCCCCCCCC=O.CCCCCCOc1nsnc1/C(=C/COC)C[S+](C)Cc1ccccc1.COC. The number of carbonyl (C=O) groups excluding carboxylic acids is 1. The minimum absolute atomic E-state index is 0.200. The molecule has 0 bridgehead atoms. The van der Waals surface area contributed by atoms with Gasteiger partial charge in [-0.25, -0.2) is 0 Å². The minimum Gasteiger partial charge on any atom is -0.475 e. The lowest BCUT2D eigenvalue weighted by Gasteiger charge is -2.09. The van der Waals surface area contributed by atoms with Crippen molar-refractivity contribution in [3.05, 3.63) is 47.7 Å². The van der Waals surface area contributed by atoms with Crippen molar-refractivity contribution in [2.24, 2.45) is 0 Å². The van der Waals surface area contributed by atoms with E-state index in [0.29, 0.717) is 19.1 Å². The summed E-state index contributed by atoms with van der Waals surface area (Å²) in [6, 6.07) is 10.6. The third-order valence-electron chi connectivity index (χ3n) is 6.08. The summed E-state index contributed by atoms with van der Waals surface area (Å²) in [5, 5.41) is 0. The Labute approximate surface area is 258 Å². The lowest BCUT2D eigenvalue weighted by Crippen LogP contribution is -2.11. The van der Waals surface area contributed by atoms with E-state index in [1.165, 1.54) is 80.7 Å². The summed E-state index contributed by atoms with van der Waals surface area (Å²) >= 11 is 1.22. The van der Waals surface area contributed by atoms with Gasteiger partial charge in [-0.15, -0.1) is 4.37 Å². The predicted molar refractivity (Wildman–Crippen MR) is 179 cm³/mol. The molecule has 0 saturated carbocycles. The van der Waals surface area contributed by atoms with Gasteiger partial charge >= 0.3 is 0 Å². The molecule has 0 fully saturated rings. The van der Waals surface area contributed by atoms with E-state index in [2.05, 4.69) is 70.0 Å². The Morgan fingerprint density at radius 2 is 1.49 bits per heavy atom. The van der Waals surface area contributed by atoms with Gasteiger partial charge < -0.3 is 19.0 Å². The molecule has 8 heteroatoms. The lowest BCUT2D eigenvalue weighted by atomic mass is 10.1. The zero-order valence-electron chi connectivity index (χ0n) is 26.7. The summed E-state index contributed by atoms with van der Waals surface area (Å²) in [6.07, 6.45) is 20.0. The highest BCUT2D eigenvalue weighted by Gasteiger charge is 2.22. The summed E-state index contributed by atoms with van der Waals surface area (Å²) in [5.74, 6) is 2.70. The highest BCUT2D eigenvalue weighted by Crippen LogP contribution is 2.26. The second kappa shape index (κ2) is 29.7. The Morgan fingerprint density at radius 1 is 0.878 bits per heavy atom. The molecule has 1 atom stereocenters. The van der Waals surface area contributed by atoms with E-state index in [0.717, 1.165) is 42.7 Å². The van der Waals surface area contributed by atoms with Crippen LogP contribution >= 0.6 is 11.7 Å². The van der Waals surface area contributed by atoms with E-state index in [1.54, 1.807) is 21.3 Å². The van der Waals surface area contributed by atoms with Gasteiger partial charge in [-0.2, -0.15) is 4.37 Å². The molecule has 41 heavy (non-hydrogen) atoms. The maximum Gasteiger partial charge on any atom is 0.253 e. The van der Waals surface area contributed by atoms with Crippen molar-refractivity contribution >= 4 is 34.5 Å². The van der Waals surface area contributed by atoms with Gasteiger partial charge in [-0.1, -0.05) is 102 Å². The summed E-state index contributed by atoms with van der Waals surface area (Å²) in [6.45, 7) is 5.73. The first-order valence-corrected chi connectivity index (χ1v) is 17.9. The average Bonchev–Trinajstić information content (AvgIpc) is 3.44. The highest BCUT2D eigenvalue weighted by molar-refractivity contribution is 7.95. The van der Waals surface area contributed by atoms with Crippen molar-refractivity contribution in [1.82, 2.24) is 8.75 Å². The first-order chi connectivity index (χ1) is 20.1. The highest BCUT2D eigenvalue weighted by atomic mass is 32.2. The Morgan fingerprint density at radius 3 is 2.10 bits per heavy atom. The van der Waals surface area contributed by atoms with Crippen molar-refractivity contribution in [2.45, 2.75) is 96.7 Å². The summed E-state index contributed by atoms with van der Waals surface area (Å²) in [7, 11) is 5.17. The van der Waals surface area contributed by atoms with Gasteiger partial charge in [0.2, 0.25) is 0 Å². The van der Waals surface area contributed by atoms with Crippen molar-refractivity contribution in [3.63, 3.8) is 0 Å². The number of hydrogen-bond donors (Lipinski definition) is 0. The Hall–Kier alpha value is -1.74.